The molecule has 2 rings (SSSR count). The summed E-state index contributed by atoms with van der Waals surface area (Å²) in [6.45, 7) is 0. The number of hydrogen-bond acceptors (Lipinski definition) is 2. The molecule has 3 nitrogen and oxygen atoms in total. The van der Waals surface area contributed by atoms with E-state index in [1.165, 1.54) is 6.33 Å². The fourth-order valence-corrected chi connectivity index (χ4v) is 1.73. The molecule has 6 heteroatoms. The highest BCUT2D eigenvalue weighted by Crippen LogP contribution is 2.29. The average Bonchev–Trinajstić information content (AvgIpc) is 2.14. The van der Waals surface area contributed by atoms with Crippen LogP contribution in [0.3, 0.4) is 0 Å². The highest BCUT2D eigenvalue weighted by atomic mass is 79.9. The van der Waals surface area contributed by atoms with Gasteiger partial charge in [0.25, 0.3) is 5.56 Å². The molecular weight excluding hydrogens is 274 g/mol. The minimum atomic E-state index is -0.648. The molecule has 0 aliphatic rings. The zero-order valence-corrected chi connectivity index (χ0v) is 8.99. The molecule has 0 saturated heterocycles. The Kier molecular flexibility index (Phi) is 2.28. The van der Waals surface area contributed by atoms with Crippen LogP contribution in [-0.4, -0.2) is 9.97 Å². The molecule has 72 valence electrons. The van der Waals surface area contributed by atoms with Crippen LogP contribution in [0, 0.1) is 5.82 Å². The highest BCUT2D eigenvalue weighted by Gasteiger charge is 2.12. The summed E-state index contributed by atoms with van der Waals surface area (Å²) < 4.78 is 13.7. The monoisotopic (exact) mass is 276 g/mol. The van der Waals surface area contributed by atoms with Crippen molar-refractivity contribution in [3.63, 3.8) is 0 Å². The van der Waals surface area contributed by atoms with Crippen molar-refractivity contribution in [1.82, 2.24) is 9.97 Å². The van der Waals surface area contributed by atoms with E-state index in [1.54, 1.807) is 0 Å². The lowest BCUT2D eigenvalue weighted by atomic mass is 10.2. The molecule has 0 aliphatic carbocycles. The Balaban J connectivity index is 3.10. The van der Waals surface area contributed by atoms with Gasteiger partial charge in [0, 0.05) is 4.47 Å². The number of aromatic nitrogens is 2. The summed E-state index contributed by atoms with van der Waals surface area (Å²) in [6.07, 6.45) is 1.18. The maximum atomic E-state index is 13.3. The average molecular weight is 277 g/mol. The Labute approximate surface area is 91.1 Å². The minimum absolute atomic E-state index is 0.124. The lowest BCUT2D eigenvalue weighted by Gasteiger charge is -2.01. The summed E-state index contributed by atoms with van der Waals surface area (Å²) in [5.41, 5.74) is -0.385. The Morgan fingerprint density at radius 3 is 3.00 bits per heavy atom. The van der Waals surface area contributed by atoms with Crippen LogP contribution in [0.1, 0.15) is 0 Å². The van der Waals surface area contributed by atoms with Crippen molar-refractivity contribution >= 4 is 38.4 Å². The van der Waals surface area contributed by atoms with Crippen molar-refractivity contribution in [1.29, 1.82) is 0 Å². The predicted molar refractivity (Wildman–Crippen MR) is 55.0 cm³/mol. The Bertz CT molecular complexity index is 569. The third-order valence-electron chi connectivity index (χ3n) is 1.76. The van der Waals surface area contributed by atoms with Gasteiger partial charge in [-0.25, -0.2) is 9.37 Å². The molecule has 0 atom stereocenters. The van der Waals surface area contributed by atoms with Crippen LogP contribution in [-0.2, 0) is 0 Å². The van der Waals surface area contributed by atoms with Crippen LogP contribution in [0.15, 0.2) is 21.7 Å². The van der Waals surface area contributed by atoms with Crippen molar-refractivity contribution in [2.45, 2.75) is 0 Å². The third-order valence-corrected chi connectivity index (χ3v) is 3.00. The number of fused-ring (bicyclic) bond motifs is 1. The van der Waals surface area contributed by atoms with Crippen LogP contribution < -0.4 is 5.56 Å². The van der Waals surface area contributed by atoms with Gasteiger partial charge in [0.05, 0.1) is 11.3 Å². The fraction of sp³-hybridized carbons (Fsp3) is 0. The molecule has 0 unspecified atom stereocenters. The largest absolute Gasteiger partial charge is 0.313 e. The molecule has 1 aromatic heterocycles. The topological polar surface area (TPSA) is 45.8 Å². The van der Waals surface area contributed by atoms with Gasteiger partial charge in [-0.05, 0) is 22.0 Å². The second-order valence-corrected chi connectivity index (χ2v) is 3.84. The summed E-state index contributed by atoms with van der Waals surface area (Å²) >= 11 is 8.91. The van der Waals surface area contributed by atoms with Crippen LogP contribution in [0.4, 0.5) is 4.39 Å². The summed E-state index contributed by atoms with van der Waals surface area (Å²) in [6, 6.07) is 1.14. The summed E-state index contributed by atoms with van der Waals surface area (Å²) in [5.74, 6) is -0.648. The molecule has 0 bridgehead atoms. The van der Waals surface area contributed by atoms with Crippen molar-refractivity contribution < 1.29 is 4.39 Å². The van der Waals surface area contributed by atoms with E-state index in [0.717, 1.165) is 6.07 Å². The van der Waals surface area contributed by atoms with E-state index in [9.17, 15) is 9.18 Å². The summed E-state index contributed by atoms with van der Waals surface area (Å²) in [5, 5.41) is 0.105. The van der Waals surface area contributed by atoms with Crippen LogP contribution in [0.5, 0.6) is 0 Å². The summed E-state index contributed by atoms with van der Waals surface area (Å²) in [4.78, 5) is 17.3. The van der Waals surface area contributed by atoms with E-state index in [2.05, 4.69) is 25.9 Å². The van der Waals surface area contributed by atoms with E-state index in [4.69, 9.17) is 11.6 Å². The highest BCUT2D eigenvalue weighted by molar-refractivity contribution is 9.10. The molecule has 2 aromatic rings. The van der Waals surface area contributed by atoms with Crippen LogP contribution in [0.25, 0.3) is 10.9 Å². The van der Waals surface area contributed by atoms with Crippen molar-refractivity contribution in [2.24, 2.45) is 0 Å². The van der Waals surface area contributed by atoms with Gasteiger partial charge in [-0.15, -0.1) is 0 Å². The smallest absolute Gasteiger partial charge is 0.261 e. The van der Waals surface area contributed by atoms with Crippen molar-refractivity contribution in [2.75, 3.05) is 0 Å². The van der Waals surface area contributed by atoms with Gasteiger partial charge >= 0.3 is 0 Å². The second-order valence-electron chi connectivity index (χ2n) is 2.61. The molecular formula is C8H3BrClFN2O. The van der Waals surface area contributed by atoms with Gasteiger partial charge in [-0.3, -0.25) is 4.79 Å². The third kappa shape index (κ3) is 1.33. The van der Waals surface area contributed by atoms with E-state index in [0.29, 0.717) is 4.47 Å². The lowest BCUT2D eigenvalue weighted by molar-refractivity contribution is 0.637. The molecule has 14 heavy (non-hydrogen) atoms. The number of rotatable bonds is 0. The number of nitrogens with one attached hydrogen (secondary N) is 1. The molecule has 0 saturated carbocycles. The van der Waals surface area contributed by atoms with Gasteiger partial charge in [0.15, 0.2) is 0 Å². The molecule has 0 fully saturated rings. The summed E-state index contributed by atoms with van der Waals surface area (Å²) in [7, 11) is 0. The Morgan fingerprint density at radius 1 is 1.57 bits per heavy atom. The predicted octanol–water partition coefficient (Wildman–Crippen LogP) is 2.48. The molecule has 1 heterocycles. The zero-order valence-electron chi connectivity index (χ0n) is 6.64. The first-order chi connectivity index (χ1) is 6.61. The zero-order chi connectivity index (χ0) is 10.3. The Hall–Kier alpha value is -0.940. The quantitative estimate of drug-likeness (QED) is 0.752. The van der Waals surface area contributed by atoms with Gasteiger partial charge in [0.1, 0.15) is 16.7 Å². The number of hydrogen-bond donors (Lipinski definition) is 1. The van der Waals surface area contributed by atoms with Crippen molar-refractivity contribution in [3.05, 3.63) is 38.1 Å². The molecule has 0 aliphatic heterocycles. The Morgan fingerprint density at radius 2 is 2.29 bits per heavy atom. The van der Waals surface area contributed by atoms with Gasteiger partial charge < -0.3 is 4.98 Å². The molecule has 0 radical (unpaired) electrons. The number of H-pyrrole nitrogens is 1. The maximum absolute atomic E-state index is 13.3. The van der Waals surface area contributed by atoms with Crippen LogP contribution in [0.2, 0.25) is 5.02 Å². The van der Waals surface area contributed by atoms with Gasteiger partial charge in [-0.2, -0.15) is 0 Å². The molecule has 0 spiro atoms. The number of aromatic amines is 1. The normalized spacial score (nSPS) is 10.8. The molecule has 1 N–H and O–H groups in total. The van der Waals surface area contributed by atoms with E-state index in [1.807, 2.05) is 0 Å². The van der Waals surface area contributed by atoms with E-state index < -0.39 is 11.4 Å². The molecule has 0 amide bonds. The number of halogens is 3. The number of benzene rings is 1. The SMILES string of the molecule is O=c1[nH]cnc2c(Cl)c(Br)cc(F)c12. The molecule has 1 aromatic carbocycles. The lowest BCUT2D eigenvalue weighted by Crippen LogP contribution is -2.08. The van der Waals surface area contributed by atoms with E-state index >= 15 is 0 Å². The first-order valence-electron chi connectivity index (χ1n) is 3.62. The van der Waals surface area contributed by atoms with E-state index in [-0.39, 0.29) is 15.9 Å². The minimum Gasteiger partial charge on any atom is -0.313 e. The fourth-order valence-electron chi connectivity index (χ4n) is 1.15. The standard InChI is InChI=1S/C8H3BrClFN2O/c9-3-1-4(11)5-7(6(3)10)12-2-13-8(5)14/h1-2H,(H,12,13,14). The number of nitrogens with zero attached hydrogens (tertiary/aromatic N) is 1. The second kappa shape index (κ2) is 3.33. The maximum Gasteiger partial charge on any atom is 0.261 e. The van der Waals surface area contributed by atoms with Gasteiger partial charge in [0.2, 0.25) is 0 Å². The van der Waals surface area contributed by atoms with Gasteiger partial charge in [-0.1, -0.05) is 11.6 Å². The van der Waals surface area contributed by atoms with Crippen LogP contribution >= 0.6 is 27.5 Å². The first-order valence-corrected chi connectivity index (χ1v) is 4.79. The first kappa shape index (κ1) is 9.61. The van der Waals surface area contributed by atoms with Crippen molar-refractivity contribution in [3.8, 4) is 0 Å².